The van der Waals surface area contributed by atoms with Crippen molar-refractivity contribution >= 4 is 17.8 Å². The average molecular weight is 227 g/mol. The summed E-state index contributed by atoms with van der Waals surface area (Å²) in [7, 11) is 0. The Morgan fingerprint density at radius 1 is 1.12 bits per heavy atom. The topological polar surface area (TPSA) is 101 Å². The van der Waals surface area contributed by atoms with Gasteiger partial charge in [-0.2, -0.15) is 0 Å². The molecule has 0 aliphatic carbocycles. The molecule has 0 radical (unpaired) electrons. The molecule has 6 nitrogen and oxygen atoms in total. The van der Waals surface area contributed by atoms with Crippen LogP contribution in [-0.2, 0) is 9.59 Å². The van der Waals surface area contributed by atoms with E-state index < -0.39 is 23.3 Å². The first kappa shape index (κ1) is 12.6. The van der Waals surface area contributed by atoms with E-state index in [1.165, 1.54) is 0 Å². The third kappa shape index (κ3) is 2.21. The highest BCUT2D eigenvalue weighted by Gasteiger charge is 2.48. The zero-order chi connectivity index (χ0) is 12.2. The van der Waals surface area contributed by atoms with Crippen LogP contribution in [0.25, 0.3) is 0 Å². The third-order valence-corrected chi connectivity index (χ3v) is 2.85. The number of imide groups is 2. The van der Waals surface area contributed by atoms with Crippen molar-refractivity contribution in [3.8, 4) is 0 Å². The second kappa shape index (κ2) is 5.07. The molecule has 0 aromatic rings. The quantitative estimate of drug-likeness (QED) is 0.570. The minimum absolute atomic E-state index is 0.235. The van der Waals surface area contributed by atoms with Gasteiger partial charge in [0.1, 0.15) is 5.41 Å². The van der Waals surface area contributed by atoms with E-state index >= 15 is 0 Å². The summed E-state index contributed by atoms with van der Waals surface area (Å²) in [6, 6.07) is -0.751. The first-order valence-corrected chi connectivity index (χ1v) is 5.43. The van der Waals surface area contributed by atoms with Crippen LogP contribution in [0, 0.1) is 5.41 Å². The third-order valence-electron chi connectivity index (χ3n) is 2.85. The summed E-state index contributed by atoms with van der Waals surface area (Å²) in [6.45, 7) is 2.21. The lowest BCUT2D eigenvalue weighted by molar-refractivity contribution is -0.145. The van der Waals surface area contributed by atoms with Crippen molar-refractivity contribution in [1.82, 2.24) is 10.6 Å². The standard InChI is InChI=1S/C10H17N3O3/c1-2-3-4-10(5-6-11)7(14)12-9(16)13-8(10)15/h2-6,11H2,1H3,(H2,12,13,14,15,16). The van der Waals surface area contributed by atoms with Crippen LogP contribution < -0.4 is 16.4 Å². The summed E-state index contributed by atoms with van der Waals surface area (Å²) >= 11 is 0. The summed E-state index contributed by atoms with van der Waals surface area (Å²) in [5.74, 6) is -1.06. The lowest BCUT2D eigenvalue weighted by Gasteiger charge is -2.33. The van der Waals surface area contributed by atoms with Crippen molar-refractivity contribution in [3.63, 3.8) is 0 Å². The van der Waals surface area contributed by atoms with Gasteiger partial charge < -0.3 is 5.73 Å². The van der Waals surface area contributed by atoms with E-state index in [9.17, 15) is 14.4 Å². The number of carbonyl (C=O) groups excluding carboxylic acids is 3. The molecular weight excluding hydrogens is 210 g/mol. The highest BCUT2D eigenvalue weighted by atomic mass is 16.2. The van der Waals surface area contributed by atoms with E-state index in [0.29, 0.717) is 6.42 Å². The predicted molar refractivity (Wildman–Crippen MR) is 57.3 cm³/mol. The number of rotatable bonds is 5. The van der Waals surface area contributed by atoms with Gasteiger partial charge in [0, 0.05) is 0 Å². The number of barbiturate groups is 1. The first-order valence-electron chi connectivity index (χ1n) is 5.43. The molecule has 4 amide bonds. The van der Waals surface area contributed by atoms with E-state index in [2.05, 4.69) is 10.6 Å². The van der Waals surface area contributed by atoms with Crippen LogP contribution in [-0.4, -0.2) is 24.4 Å². The van der Waals surface area contributed by atoms with Gasteiger partial charge in [0.05, 0.1) is 0 Å². The van der Waals surface area contributed by atoms with Crippen molar-refractivity contribution in [2.24, 2.45) is 11.1 Å². The molecule has 0 bridgehead atoms. The van der Waals surface area contributed by atoms with E-state index in [4.69, 9.17) is 5.73 Å². The molecule has 1 fully saturated rings. The Bertz CT molecular complexity index is 294. The van der Waals surface area contributed by atoms with Crippen molar-refractivity contribution in [3.05, 3.63) is 0 Å². The van der Waals surface area contributed by atoms with Gasteiger partial charge in [-0.1, -0.05) is 19.8 Å². The largest absolute Gasteiger partial charge is 0.330 e. The molecule has 4 N–H and O–H groups in total. The first-order chi connectivity index (χ1) is 7.56. The van der Waals surface area contributed by atoms with E-state index in [-0.39, 0.29) is 13.0 Å². The number of hydrogen-bond acceptors (Lipinski definition) is 4. The average Bonchev–Trinajstić information content (AvgIpc) is 2.22. The molecule has 1 heterocycles. The van der Waals surface area contributed by atoms with Gasteiger partial charge in [-0.3, -0.25) is 20.2 Å². The number of amides is 4. The number of nitrogens with one attached hydrogen (secondary N) is 2. The van der Waals surface area contributed by atoms with Crippen LogP contribution in [0.2, 0.25) is 0 Å². The van der Waals surface area contributed by atoms with Crippen LogP contribution in [0.15, 0.2) is 0 Å². The summed E-state index contributed by atoms with van der Waals surface area (Å²) in [6.07, 6.45) is 2.31. The highest BCUT2D eigenvalue weighted by Crippen LogP contribution is 2.31. The summed E-state index contributed by atoms with van der Waals surface area (Å²) in [4.78, 5) is 34.5. The van der Waals surface area contributed by atoms with Crippen LogP contribution >= 0.6 is 0 Å². The zero-order valence-corrected chi connectivity index (χ0v) is 9.34. The number of unbranched alkanes of at least 4 members (excludes halogenated alkanes) is 1. The lowest BCUT2D eigenvalue weighted by Crippen LogP contribution is -2.62. The van der Waals surface area contributed by atoms with Gasteiger partial charge in [0.2, 0.25) is 11.8 Å². The highest BCUT2D eigenvalue weighted by molar-refractivity contribution is 6.19. The van der Waals surface area contributed by atoms with Crippen molar-refractivity contribution in [2.45, 2.75) is 32.6 Å². The maximum Gasteiger partial charge on any atom is 0.328 e. The number of nitrogens with two attached hydrogens (primary N) is 1. The van der Waals surface area contributed by atoms with Crippen molar-refractivity contribution < 1.29 is 14.4 Å². The Kier molecular flexibility index (Phi) is 4.00. The number of urea groups is 1. The fourth-order valence-corrected chi connectivity index (χ4v) is 1.88. The van der Waals surface area contributed by atoms with Crippen LogP contribution in [0.5, 0.6) is 0 Å². The Balaban J connectivity index is 2.92. The summed E-state index contributed by atoms with van der Waals surface area (Å²) < 4.78 is 0. The molecule has 0 aromatic carbocycles. The molecule has 0 spiro atoms. The molecule has 1 aliphatic rings. The minimum Gasteiger partial charge on any atom is -0.330 e. The number of carbonyl (C=O) groups is 3. The minimum atomic E-state index is -1.17. The smallest absolute Gasteiger partial charge is 0.328 e. The second-order valence-corrected chi connectivity index (χ2v) is 3.96. The van der Waals surface area contributed by atoms with Gasteiger partial charge in [0.25, 0.3) is 0 Å². The molecule has 16 heavy (non-hydrogen) atoms. The second-order valence-electron chi connectivity index (χ2n) is 3.96. The van der Waals surface area contributed by atoms with Gasteiger partial charge in [-0.05, 0) is 19.4 Å². The predicted octanol–water partition coefficient (Wildman–Crippen LogP) is -0.122. The monoisotopic (exact) mass is 227 g/mol. The maximum absolute atomic E-state index is 11.8. The van der Waals surface area contributed by atoms with E-state index in [0.717, 1.165) is 12.8 Å². The van der Waals surface area contributed by atoms with Gasteiger partial charge in [-0.15, -0.1) is 0 Å². The Morgan fingerprint density at radius 2 is 1.69 bits per heavy atom. The lowest BCUT2D eigenvalue weighted by atomic mass is 9.77. The molecule has 0 saturated carbocycles. The Hall–Kier alpha value is -1.43. The summed E-state index contributed by atoms with van der Waals surface area (Å²) in [5, 5.41) is 4.26. The molecule has 90 valence electrons. The van der Waals surface area contributed by atoms with Crippen LogP contribution in [0.4, 0.5) is 4.79 Å². The SMILES string of the molecule is CCCCC1(CCN)C(=O)NC(=O)NC1=O. The van der Waals surface area contributed by atoms with Crippen LogP contribution in [0.1, 0.15) is 32.6 Å². The van der Waals surface area contributed by atoms with Gasteiger partial charge in [0.15, 0.2) is 0 Å². The van der Waals surface area contributed by atoms with Gasteiger partial charge >= 0.3 is 6.03 Å². The normalized spacial score (nSPS) is 19.2. The Morgan fingerprint density at radius 3 is 2.12 bits per heavy atom. The fourth-order valence-electron chi connectivity index (χ4n) is 1.88. The van der Waals surface area contributed by atoms with Gasteiger partial charge in [-0.25, -0.2) is 4.79 Å². The molecule has 1 rings (SSSR count). The van der Waals surface area contributed by atoms with Crippen molar-refractivity contribution in [1.29, 1.82) is 0 Å². The molecule has 0 unspecified atom stereocenters. The van der Waals surface area contributed by atoms with Crippen molar-refractivity contribution in [2.75, 3.05) is 6.54 Å². The molecular formula is C10H17N3O3. The maximum atomic E-state index is 11.8. The van der Waals surface area contributed by atoms with Crippen LogP contribution in [0.3, 0.4) is 0 Å². The van der Waals surface area contributed by atoms with E-state index in [1.54, 1.807) is 0 Å². The molecule has 0 aromatic heterocycles. The number of hydrogen-bond donors (Lipinski definition) is 3. The zero-order valence-electron chi connectivity index (χ0n) is 9.34. The molecule has 6 heteroatoms. The fraction of sp³-hybridized carbons (Fsp3) is 0.700. The molecule has 1 aliphatic heterocycles. The molecule has 0 atom stereocenters. The summed E-state index contributed by atoms with van der Waals surface area (Å²) in [5.41, 5.74) is 4.26. The Labute approximate surface area is 93.9 Å². The van der Waals surface area contributed by atoms with E-state index in [1.807, 2.05) is 6.92 Å². The molecule has 1 saturated heterocycles.